The highest BCUT2D eigenvalue weighted by Gasteiger charge is 2.55. The Labute approximate surface area is 174 Å². The van der Waals surface area contributed by atoms with Gasteiger partial charge in [-0.05, 0) is 63.0 Å². The summed E-state index contributed by atoms with van der Waals surface area (Å²) in [6.45, 7) is 9.39. The number of fused-ring (bicyclic) bond motifs is 2. The highest BCUT2D eigenvalue weighted by molar-refractivity contribution is 5.75. The zero-order valence-electron chi connectivity index (χ0n) is 18.0. The van der Waals surface area contributed by atoms with Crippen LogP contribution in [0.4, 0.5) is 0 Å². The minimum atomic E-state index is -0.581. The van der Waals surface area contributed by atoms with Gasteiger partial charge < -0.3 is 9.84 Å². The third kappa shape index (κ3) is 3.77. The lowest BCUT2D eigenvalue weighted by Crippen LogP contribution is -2.46. The Morgan fingerprint density at radius 2 is 2.07 bits per heavy atom. The molecular weight excluding hydrogens is 362 g/mol. The average molecular weight is 398 g/mol. The predicted molar refractivity (Wildman–Crippen MR) is 114 cm³/mol. The zero-order chi connectivity index (χ0) is 20.8. The second kappa shape index (κ2) is 7.88. The van der Waals surface area contributed by atoms with Crippen LogP contribution in [-0.4, -0.2) is 41.7 Å². The van der Waals surface area contributed by atoms with Crippen LogP contribution in [0, 0.1) is 23.2 Å². The molecule has 29 heavy (non-hydrogen) atoms. The maximum atomic E-state index is 12.8. The van der Waals surface area contributed by atoms with Crippen molar-refractivity contribution in [3.05, 3.63) is 48.0 Å². The number of benzene rings is 1. The lowest BCUT2D eigenvalue weighted by molar-refractivity contribution is -0.146. The topological polar surface area (TPSA) is 49.8 Å². The summed E-state index contributed by atoms with van der Waals surface area (Å²) < 4.78 is 5.90. The molecule has 0 amide bonds. The smallest absolute Gasteiger partial charge is 0.310 e. The number of carbonyl (C=O) groups is 1. The van der Waals surface area contributed by atoms with E-state index in [1.807, 2.05) is 44.3 Å². The first-order valence-corrected chi connectivity index (χ1v) is 11.1. The van der Waals surface area contributed by atoms with Crippen molar-refractivity contribution in [1.82, 2.24) is 4.90 Å². The number of nitrogens with zero attached hydrogens (tertiary/aromatic N) is 1. The molecule has 3 aliphatic rings. The number of allylic oxidation sites excluding steroid dienone is 1. The minimum Gasteiger partial charge on any atom is -0.462 e. The van der Waals surface area contributed by atoms with Gasteiger partial charge in [-0.25, -0.2) is 0 Å². The van der Waals surface area contributed by atoms with Crippen molar-refractivity contribution in [2.24, 2.45) is 23.2 Å². The summed E-state index contributed by atoms with van der Waals surface area (Å²) >= 11 is 0. The van der Waals surface area contributed by atoms with Crippen LogP contribution in [0.2, 0.25) is 0 Å². The van der Waals surface area contributed by atoms with E-state index in [-0.39, 0.29) is 35.4 Å². The molecule has 1 aliphatic heterocycles. The molecule has 2 aliphatic carbocycles. The van der Waals surface area contributed by atoms with Crippen molar-refractivity contribution in [2.75, 3.05) is 13.6 Å². The fraction of sp³-hybridized carbons (Fsp3) is 0.640. The molecule has 7 atom stereocenters. The fourth-order valence-corrected chi connectivity index (χ4v) is 6.11. The van der Waals surface area contributed by atoms with Gasteiger partial charge in [0.05, 0.1) is 12.0 Å². The maximum Gasteiger partial charge on any atom is 0.310 e. The Kier molecular flexibility index (Phi) is 5.60. The van der Waals surface area contributed by atoms with Gasteiger partial charge in [-0.15, -0.1) is 0 Å². The Bertz CT molecular complexity index is 763. The van der Waals surface area contributed by atoms with Crippen molar-refractivity contribution >= 4 is 5.97 Å². The number of ether oxygens (including phenoxy) is 1. The average Bonchev–Trinajstić information content (AvgIpc) is 2.99. The van der Waals surface area contributed by atoms with Gasteiger partial charge in [-0.1, -0.05) is 49.4 Å². The summed E-state index contributed by atoms with van der Waals surface area (Å²) in [6.07, 6.45) is 4.98. The van der Waals surface area contributed by atoms with Crippen LogP contribution in [0.25, 0.3) is 0 Å². The maximum absolute atomic E-state index is 12.8. The Hall–Kier alpha value is -1.65. The fourth-order valence-electron chi connectivity index (χ4n) is 6.11. The molecule has 1 aromatic carbocycles. The van der Waals surface area contributed by atoms with Gasteiger partial charge in [0, 0.05) is 18.5 Å². The van der Waals surface area contributed by atoms with Gasteiger partial charge in [0.1, 0.15) is 6.10 Å². The molecule has 4 rings (SSSR count). The van der Waals surface area contributed by atoms with Crippen LogP contribution >= 0.6 is 0 Å². The second-order valence-corrected chi connectivity index (χ2v) is 9.94. The molecule has 3 fully saturated rings. The number of aliphatic hydroxyl groups is 1. The molecule has 0 unspecified atom stereocenters. The van der Waals surface area contributed by atoms with E-state index in [9.17, 15) is 9.90 Å². The number of carbonyl (C=O) groups excluding carboxylic acids is 1. The number of esters is 1. The number of rotatable bonds is 5. The molecule has 4 heteroatoms. The normalized spacial score (nSPS) is 36.3. The van der Waals surface area contributed by atoms with Crippen LogP contribution in [0.15, 0.2) is 42.5 Å². The minimum absolute atomic E-state index is 0.0439. The first-order valence-electron chi connectivity index (χ1n) is 11.1. The number of hydrogen-bond donors (Lipinski definition) is 1. The molecular formula is C25H35NO3. The van der Waals surface area contributed by atoms with Crippen molar-refractivity contribution in [3.8, 4) is 0 Å². The summed E-state index contributed by atoms with van der Waals surface area (Å²) in [6, 6.07) is 9.66. The summed E-state index contributed by atoms with van der Waals surface area (Å²) in [4.78, 5) is 14.9. The molecule has 0 radical (unpaired) electrons. The summed E-state index contributed by atoms with van der Waals surface area (Å²) in [5.74, 6) is 0.599. The van der Waals surface area contributed by atoms with Crippen LogP contribution in [0.5, 0.6) is 0 Å². The summed E-state index contributed by atoms with van der Waals surface area (Å²) in [5, 5.41) is 10.8. The SMILES string of the molecule is C=C1CCC[C@]2(C)C[C@H]3OC(=O)[C@@H](CN(C)[C@@H](C)[C@@H](O)c4ccccc4)[C@H]3C[C@@H]12. The van der Waals surface area contributed by atoms with Gasteiger partial charge in [-0.2, -0.15) is 0 Å². The standard InChI is InChI=1S/C25H35NO3/c1-16-9-8-12-25(3)14-22-19(13-21(16)25)20(24(28)29-22)15-26(4)17(2)23(27)18-10-6-5-7-11-18/h5-7,10-11,17,19-23,27H,1,8-9,12-15H2,2-4H3/t17-,19+,20-,21-,22+,23+,25+/m0/s1. The van der Waals surface area contributed by atoms with Crippen molar-refractivity contribution in [3.63, 3.8) is 0 Å². The van der Waals surface area contributed by atoms with Crippen molar-refractivity contribution in [1.29, 1.82) is 0 Å². The lowest BCUT2D eigenvalue weighted by atomic mass is 9.55. The third-order valence-corrected chi connectivity index (χ3v) is 8.10. The summed E-state index contributed by atoms with van der Waals surface area (Å²) in [5.41, 5.74) is 2.51. The Morgan fingerprint density at radius 3 is 2.79 bits per heavy atom. The van der Waals surface area contributed by atoms with Gasteiger partial charge in [0.2, 0.25) is 0 Å². The zero-order valence-corrected chi connectivity index (χ0v) is 18.0. The van der Waals surface area contributed by atoms with E-state index in [1.54, 1.807) is 0 Å². The van der Waals surface area contributed by atoms with Crippen LogP contribution < -0.4 is 0 Å². The first kappa shape index (κ1) is 20.6. The molecule has 1 saturated heterocycles. The van der Waals surface area contributed by atoms with E-state index in [0.717, 1.165) is 24.8 Å². The highest BCUT2D eigenvalue weighted by atomic mass is 16.6. The van der Waals surface area contributed by atoms with E-state index in [2.05, 4.69) is 18.4 Å². The molecule has 0 bridgehead atoms. The van der Waals surface area contributed by atoms with Crippen LogP contribution in [0.1, 0.15) is 57.6 Å². The molecule has 0 spiro atoms. The van der Waals surface area contributed by atoms with Crippen LogP contribution in [0.3, 0.4) is 0 Å². The van der Waals surface area contributed by atoms with Gasteiger partial charge in [0.25, 0.3) is 0 Å². The lowest BCUT2D eigenvalue weighted by Gasteiger charge is -2.50. The molecule has 158 valence electrons. The van der Waals surface area contributed by atoms with Crippen LogP contribution in [-0.2, 0) is 9.53 Å². The summed E-state index contributed by atoms with van der Waals surface area (Å²) in [7, 11) is 2.00. The molecule has 1 N–H and O–H groups in total. The number of aliphatic hydroxyl groups excluding tert-OH is 1. The van der Waals surface area contributed by atoms with E-state index in [0.29, 0.717) is 12.5 Å². The predicted octanol–water partition coefficient (Wildman–Crippen LogP) is 4.35. The van der Waals surface area contributed by atoms with E-state index in [4.69, 9.17) is 4.74 Å². The molecule has 0 aromatic heterocycles. The quantitative estimate of drug-likeness (QED) is 0.593. The van der Waals surface area contributed by atoms with Gasteiger partial charge in [-0.3, -0.25) is 9.69 Å². The van der Waals surface area contributed by atoms with Crippen molar-refractivity contribution in [2.45, 2.75) is 64.2 Å². The molecule has 2 saturated carbocycles. The van der Waals surface area contributed by atoms with E-state index in [1.165, 1.54) is 18.4 Å². The molecule has 1 heterocycles. The number of hydrogen-bond acceptors (Lipinski definition) is 4. The van der Waals surface area contributed by atoms with Gasteiger partial charge in [0.15, 0.2) is 0 Å². The Balaban J connectivity index is 1.46. The molecule has 1 aromatic rings. The number of likely N-dealkylation sites (N-methyl/N-ethyl adjacent to an activating group) is 1. The highest BCUT2D eigenvalue weighted by Crippen LogP contribution is 2.57. The second-order valence-electron chi connectivity index (χ2n) is 9.94. The Morgan fingerprint density at radius 1 is 1.34 bits per heavy atom. The van der Waals surface area contributed by atoms with E-state index >= 15 is 0 Å². The third-order valence-electron chi connectivity index (χ3n) is 8.10. The molecule has 4 nitrogen and oxygen atoms in total. The van der Waals surface area contributed by atoms with Crippen molar-refractivity contribution < 1.29 is 14.6 Å². The van der Waals surface area contributed by atoms with E-state index < -0.39 is 6.10 Å². The first-order chi connectivity index (χ1) is 13.8. The largest absolute Gasteiger partial charge is 0.462 e. The van der Waals surface area contributed by atoms with Gasteiger partial charge >= 0.3 is 5.97 Å². The monoisotopic (exact) mass is 397 g/mol.